The second-order valence-electron chi connectivity index (χ2n) is 3.30. The molecule has 0 bridgehead atoms. The quantitative estimate of drug-likeness (QED) is 0.446. The van der Waals surface area contributed by atoms with Gasteiger partial charge in [0.25, 0.3) is 0 Å². The van der Waals surface area contributed by atoms with Gasteiger partial charge in [0.2, 0.25) is 0 Å². The van der Waals surface area contributed by atoms with E-state index in [1.54, 1.807) is 0 Å². The third-order valence-electron chi connectivity index (χ3n) is 1.82. The molecule has 0 spiro atoms. The summed E-state index contributed by atoms with van der Waals surface area (Å²) in [5.41, 5.74) is 4.03. The molecular weight excluding hydrogens is 303 g/mol. The van der Waals surface area contributed by atoms with Crippen LogP contribution in [0, 0.1) is 0 Å². The molecule has 0 unspecified atom stereocenters. The summed E-state index contributed by atoms with van der Waals surface area (Å²) in [6, 6.07) is 0. The van der Waals surface area contributed by atoms with E-state index in [0.29, 0.717) is 4.32 Å². The average Bonchev–Trinajstić information content (AvgIpc) is 2.16. The van der Waals surface area contributed by atoms with Gasteiger partial charge in [-0.05, 0) is 12.8 Å². The molecule has 17 heavy (non-hydrogen) atoms. The van der Waals surface area contributed by atoms with Gasteiger partial charge in [0, 0.05) is 29.6 Å². The van der Waals surface area contributed by atoms with Crippen LogP contribution in [0.1, 0.15) is 39.5 Å². The maximum absolute atomic E-state index is 8.78. The van der Waals surface area contributed by atoms with Crippen LogP contribution in [0.3, 0.4) is 0 Å². The van der Waals surface area contributed by atoms with E-state index in [2.05, 4.69) is 24.5 Å². The molecule has 0 aliphatic carbocycles. The van der Waals surface area contributed by atoms with Gasteiger partial charge in [-0.3, -0.25) is 0 Å². The van der Waals surface area contributed by atoms with Crippen LogP contribution in [0.2, 0.25) is 0 Å². The number of carbonyl (C=O) groups is 1. The molecule has 7 heteroatoms. The van der Waals surface area contributed by atoms with Crippen LogP contribution in [-0.4, -0.2) is 33.5 Å². The van der Waals surface area contributed by atoms with Gasteiger partial charge in [0.1, 0.15) is 0 Å². The number of primary amides is 1. The number of rotatable bonds is 6. The standard InChI is InChI=1S/C9H19NS2.CH3NO2.Ni/c1-3-5-7-10(9(11)12)8-6-4-2;2-1(3)4;/h3-8H2,1-2H3,(H,11,12);2H2,(H,3,4);/p-1. The molecule has 4 nitrogen and oxygen atoms in total. The van der Waals surface area contributed by atoms with Crippen molar-refractivity contribution in [1.82, 2.24) is 4.90 Å². The molecule has 0 radical (unpaired) electrons. The molecule has 0 rings (SSSR count). The predicted octanol–water partition coefficient (Wildman–Crippen LogP) is 2.34. The Balaban J connectivity index is -0.000000340. The van der Waals surface area contributed by atoms with Crippen molar-refractivity contribution in [3.8, 4) is 0 Å². The van der Waals surface area contributed by atoms with Crippen molar-refractivity contribution in [2.45, 2.75) is 39.5 Å². The van der Waals surface area contributed by atoms with Crippen LogP contribution in [0.5, 0.6) is 0 Å². The van der Waals surface area contributed by atoms with Crippen LogP contribution < -0.4 is 5.73 Å². The second kappa shape index (κ2) is 15.9. The summed E-state index contributed by atoms with van der Waals surface area (Å²) in [7, 11) is 0. The van der Waals surface area contributed by atoms with Gasteiger partial charge in [-0.25, -0.2) is 4.79 Å². The number of nitrogens with two attached hydrogens (primary N) is 1. The number of hydrogen-bond acceptors (Lipinski definition) is 3. The SMILES string of the molecule is CCCCN(CCCC)C(=S)[S-].NC(=O)O.[Ni]. The van der Waals surface area contributed by atoms with Crippen molar-refractivity contribution >= 4 is 35.3 Å². The van der Waals surface area contributed by atoms with Crippen molar-refractivity contribution in [3.05, 3.63) is 0 Å². The van der Waals surface area contributed by atoms with E-state index < -0.39 is 6.09 Å². The van der Waals surface area contributed by atoms with Gasteiger partial charge >= 0.3 is 6.09 Å². The number of unbranched alkanes of at least 4 members (excludes halogenated alkanes) is 2. The maximum Gasteiger partial charge on any atom is 0.402 e. The topological polar surface area (TPSA) is 66.6 Å². The first-order valence-corrected chi connectivity index (χ1v) is 6.21. The normalized spacial score (nSPS) is 8.35. The number of amides is 1. The van der Waals surface area contributed by atoms with Gasteiger partial charge in [-0.1, -0.05) is 31.0 Å². The Hall–Kier alpha value is -0.126. The average molecular weight is 324 g/mol. The Bertz CT molecular complexity index is 195. The molecular formula is C10H21N2NiO2S2-. The molecule has 0 aliphatic rings. The first-order chi connectivity index (χ1) is 7.45. The Morgan fingerprint density at radius 1 is 1.29 bits per heavy atom. The van der Waals surface area contributed by atoms with E-state index >= 15 is 0 Å². The van der Waals surface area contributed by atoms with E-state index in [4.69, 9.17) is 34.7 Å². The van der Waals surface area contributed by atoms with E-state index in [1.807, 2.05) is 0 Å². The molecule has 0 aromatic heterocycles. The summed E-state index contributed by atoms with van der Waals surface area (Å²) < 4.78 is 0.636. The van der Waals surface area contributed by atoms with Crippen LogP contribution in [-0.2, 0) is 29.1 Å². The first-order valence-electron chi connectivity index (χ1n) is 5.39. The molecule has 3 N–H and O–H groups in total. The van der Waals surface area contributed by atoms with Gasteiger partial charge in [-0.2, -0.15) is 0 Å². The van der Waals surface area contributed by atoms with Crippen LogP contribution in [0.15, 0.2) is 0 Å². The fourth-order valence-corrected chi connectivity index (χ4v) is 1.36. The summed E-state index contributed by atoms with van der Waals surface area (Å²) in [6.45, 7) is 6.45. The largest absolute Gasteiger partial charge is 0.465 e. The Labute approximate surface area is 125 Å². The molecule has 0 heterocycles. The van der Waals surface area contributed by atoms with Crippen LogP contribution in [0.25, 0.3) is 0 Å². The summed E-state index contributed by atoms with van der Waals surface area (Å²) in [5.74, 6) is 0. The number of thiocarbonyl (C=S) groups is 1. The zero-order chi connectivity index (χ0) is 13.0. The summed E-state index contributed by atoms with van der Waals surface area (Å²) >= 11 is 9.97. The van der Waals surface area contributed by atoms with Gasteiger partial charge < -0.3 is 40.6 Å². The summed E-state index contributed by atoms with van der Waals surface area (Å²) in [4.78, 5) is 10.9. The molecule has 0 aromatic carbocycles. The van der Waals surface area contributed by atoms with E-state index in [1.165, 1.54) is 25.7 Å². The third-order valence-corrected chi connectivity index (χ3v) is 2.34. The minimum absolute atomic E-state index is 0. The molecule has 0 atom stereocenters. The van der Waals surface area contributed by atoms with Gasteiger partial charge in [0.05, 0.1) is 0 Å². The summed E-state index contributed by atoms with van der Waals surface area (Å²) in [6.07, 6.45) is 3.47. The Morgan fingerprint density at radius 3 is 1.76 bits per heavy atom. The second-order valence-corrected chi connectivity index (χ2v) is 4.33. The number of nitrogens with zero attached hydrogens (tertiary/aromatic N) is 1. The van der Waals surface area contributed by atoms with Crippen LogP contribution >= 0.6 is 12.2 Å². The van der Waals surface area contributed by atoms with Crippen molar-refractivity contribution in [2.75, 3.05) is 13.1 Å². The first kappa shape index (κ1) is 22.1. The fraction of sp³-hybridized carbons (Fsp3) is 0.800. The number of carboxylic acid groups (broad SMARTS) is 1. The monoisotopic (exact) mass is 323 g/mol. The zero-order valence-electron chi connectivity index (χ0n) is 10.3. The van der Waals surface area contributed by atoms with Crippen LogP contribution in [0.4, 0.5) is 4.79 Å². The smallest absolute Gasteiger partial charge is 0.402 e. The van der Waals surface area contributed by atoms with Crippen molar-refractivity contribution < 1.29 is 26.4 Å². The van der Waals surface area contributed by atoms with Crippen molar-refractivity contribution in [3.63, 3.8) is 0 Å². The van der Waals surface area contributed by atoms with Crippen molar-refractivity contribution in [1.29, 1.82) is 0 Å². The van der Waals surface area contributed by atoms with Crippen molar-refractivity contribution in [2.24, 2.45) is 5.73 Å². The minimum atomic E-state index is -1.33. The summed E-state index contributed by atoms with van der Waals surface area (Å²) in [5, 5.41) is 7.19. The molecule has 0 saturated carbocycles. The van der Waals surface area contributed by atoms with Gasteiger partial charge in [0.15, 0.2) is 0 Å². The maximum atomic E-state index is 8.78. The third kappa shape index (κ3) is 21.7. The Kier molecular flexibility index (Phi) is 20.6. The Morgan fingerprint density at radius 2 is 1.59 bits per heavy atom. The molecule has 0 aliphatic heterocycles. The van der Waals surface area contributed by atoms with E-state index in [9.17, 15) is 0 Å². The molecule has 1 amide bonds. The predicted molar refractivity (Wildman–Crippen MR) is 73.6 cm³/mol. The van der Waals surface area contributed by atoms with E-state index in [-0.39, 0.29) is 16.5 Å². The fourth-order valence-electron chi connectivity index (χ4n) is 0.992. The molecule has 106 valence electrons. The minimum Gasteiger partial charge on any atom is -0.465 e. The van der Waals surface area contributed by atoms with Gasteiger partial charge in [-0.15, -0.1) is 0 Å². The molecule has 0 fully saturated rings. The van der Waals surface area contributed by atoms with E-state index in [0.717, 1.165) is 13.1 Å². The zero-order valence-corrected chi connectivity index (χ0v) is 12.9. The number of hydrogen-bond donors (Lipinski definition) is 2. The molecule has 0 saturated heterocycles. The molecule has 0 aromatic rings.